The molecule has 0 aliphatic carbocycles. The van der Waals surface area contributed by atoms with Gasteiger partial charge < -0.3 is 15.5 Å². The lowest BCUT2D eigenvalue weighted by atomic mass is 9.94. The second-order valence-electron chi connectivity index (χ2n) is 6.08. The van der Waals surface area contributed by atoms with Gasteiger partial charge in [0.25, 0.3) is 0 Å². The molecule has 3 fully saturated rings. The summed E-state index contributed by atoms with van der Waals surface area (Å²) in [4.78, 5) is 17.2. The molecule has 19 heavy (non-hydrogen) atoms. The molecular weight excluding hydrogens is 240 g/mol. The van der Waals surface area contributed by atoms with E-state index in [2.05, 4.69) is 20.4 Å². The summed E-state index contributed by atoms with van der Waals surface area (Å²) in [6.07, 6.45) is 5.20. The van der Waals surface area contributed by atoms with Crippen molar-refractivity contribution in [1.82, 2.24) is 20.4 Å². The van der Waals surface area contributed by atoms with Gasteiger partial charge in [-0.05, 0) is 38.8 Å². The van der Waals surface area contributed by atoms with Crippen LogP contribution < -0.4 is 10.6 Å². The van der Waals surface area contributed by atoms with Crippen molar-refractivity contribution >= 4 is 5.91 Å². The van der Waals surface area contributed by atoms with Gasteiger partial charge in [-0.2, -0.15) is 0 Å². The molecule has 3 atom stereocenters. The summed E-state index contributed by atoms with van der Waals surface area (Å²) >= 11 is 0. The van der Waals surface area contributed by atoms with Crippen molar-refractivity contribution in [1.29, 1.82) is 0 Å². The van der Waals surface area contributed by atoms with E-state index in [1.807, 2.05) is 0 Å². The Morgan fingerprint density at radius 2 is 2.11 bits per heavy atom. The van der Waals surface area contributed by atoms with Gasteiger partial charge in [-0.25, -0.2) is 0 Å². The van der Waals surface area contributed by atoms with Gasteiger partial charge in [-0.15, -0.1) is 0 Å². The van der Waals surface area contributed by atoms with Gasteiger partial charge in [0, 0.05) is 38.8 Å². The molecule has 2 N–H and O–H groups in total. The van der Waals surface area contributed by atoms with Crippen LogP contribution in [0.4, 0.5) is 0 Å². The Kier molecular flexibility index (Phi) is 4.05. The first-order chi connectivity index (χ1) is 9.29. The van der Waals surface area contributed by atoms with Gasteiger partial charge in [-0.3, -0.25) is 9.69 Å². The van der Waals surface area contributed by atoms with Crippen LogP contribution in [-0.4, -0.2) is 73.6 Å². The minimum atomic E-state index is 0.0247. The van der Waals surface area contributed by atoms with Crippen LogP contribution in [-0.2, 0) is 4.79 Å². The van der Waals surface area contributed by atoms with E-state index in [0.717, 1.165) is 25.7 Å². The van der Waals surface area contributed by atoms with E-state index in [1.54, 1.807) is 7.05 Å². The van der Waals surface area contributed by atoms with Crippen molar-refractivity contribution in [2.75, 3.05) is 39.8 Å². The van der Waals surface area contributed by atoms with Crippen LogP contribution in [0.5, 0.6) is 0 Å². The molecule has 108 valence electrons. The van der Waals surface area contributed by atoms with Gasteiger partial charge in [0.05, 0.1) is 0 Å². The first-order valence-electron chi connectivity index (χ1n) is 7.71. The summed E-state index contributed by atoms with van der Waals surface area (Å²) in [6, 6.07) is 1.40. The largest absolute Gasteiger partial charge is 0.358 e. The van der Waals surface area contributed by atoms with E-state index in [9.17, 15) is 4.79 Å². The van der Waals surface area contributed by atoms with Crippen molar-refractivity contribution in [2.24, 2.45) is 0 Å². The SMILES string of the molecule is CNC(=O)C1CNCCN1C1CCN2CCCC2C1. The fraction of sp³-hybridized carbons (Fsp3) is 0.929. The first-order valence-corrected chi connectivity index (χ1v) is 7.71. The van der Waals surface area contributed by atoms with Crippen LogP contribution in [0.25, 0.3) is 0 Å². The smallest absolute Gasteiger partial charge is 0.238 e. The molecule has 3 saturated heterocycles. The van der Waals surface area contributed by atoms with E-state index >= 15 is 0 Å². The Morgan fingerprint density at radius 1 is 1.21 bits per heavy atom. The molecule has 0 aromatic carbocycles. The van der Waals surface area contributed by atoms with Gasteiger partial charge in [0.1, 0.15) is 6.04 Å². The van der Waals surface area contributed by atoms with Crippen molar-refractivity contribution in [3.05, 3.63) is 0 Å². The third-order valence-corrected chi connectivity index (χ3v) is 5.10. The van der Waals surface area contributed by atoms with E-state index < -0.39 is 0 Å². The highest BCUT2D eigenvalue weighted by molar-refractivity contribution is 5.81. The Hall–Kier alpha value is -0.650. The predicted molar refractivity (Wildman–Crippen MR) is 75.0 cm³/mol. The summed E-state index contributed by atoms with van der Waals surface area (Å²) in [5.41, 5.74) is 0. The lowest BCUT2D eigenvalue weighted by Gasteiger charge is -2.45. The number of hydrogen-bond acceptors (Lipinski definition) is 4. The Morgan fingerprint density at radius 3 is 2.95 bits per heavy atom. The lowest BCUT2D eigenvalue weighted by molar-refractivity contribution is -0.128. The number of fused-ring (bicyclic) bond motifs is 1. The molecule has 3 heterocycles. The fourth-order valence-corrected chi connectivity index (χ4v) is 4.07. The second kappa shape index (κ2) is 5.77. The van der Waals surface area contributed by atoms with E-state index in [-0.39, 0.29) is 11.9 Å². The monoisotopic (exact) mass is 266 g/mol. The van der Waals surface area contributed by atoms with Gasteiger partial charge in [0.15, 0.2) is 0 Å². The van der Waals surface area contributed by atoms with Crippen LogP contribution in [0.2, 0.25) is 0 Å². The Labute approximate surface area is 115 Å². The molecular formula is C14H26N4O. The zero-order chi connectivity index (χ0) is 13.2. The van der Waals surface area contributed by atoms with Crippen LogP contribution >= 0.6 is 0 Å². The normalized spacial score (nSPS) is 37.0. The van der Waals surface area contributed by atoms with E-state index in [0.29, 0.717) is 6.04 Å². The number of amides is 1. The summed E-state index contributed by atoms with van der Waals surface area (Å²) < 4.78 is 0. The molecule has 0 aromatic heterocycles. The topological polar surface area (TPSA) is 47.6 Å². The van der Waals surface area contributed by atoms with Crippen LogP contribution in [0.15, 0.2) is 0 Å². The zero-order valence-corrected chi connectivity index (χ0v) is 11.9. The number of piperidine rings is 1. The van der Waals surface area contributed by atoms with Crippen LogP contribution in [0, 0.1) is 0 Å². The predicted octanol–water partition coefficient (Wildman–Crippen LogP) is -0.367. The number of likely N-dealkylation sites (N-methyl/N-ethyl adjacent to an activating group) is 1. The van der Waals surface area contributed by atoms with E-state index in [4.69, 9.17) is 0 Å². The summed E-state index contributed by atoms with van der Waals surface area (Å²) in [7, 11) is 1.74. The zero-order valence-electron chi connectivity index (χ0n) is 11.9. The molecule has 0 spiro atoms. The maximum absolute atomic E-state index is 12.0. The number of piperazine rings is 1. The number of nitrogens with zero attached hydrogens (tertiary/aromatic N) is 2. The molecule has 3 rings (SSSR count). The highest BCUT2D eigenvalue weighted by Gasteiger charge is 2.38. The third-order valence-electron chi connectivity index (χ3n) is 5.10. The quantitative estimate of drug-likeness (QED) is 0.716. The summed E-state index contributed by atoms with van der Waals surface area (Å²) in [5.74, 6) is 0.168. The molecule has 5 nitrogen and oxygen atoms in total. The minimum Gasteiger partial charge on any atom is -0.358 e. The first kappa shape index (κ1) is 13.3. The Bertz CT molecular complexity index is 335. The Balaban J connectivity index is 1.67. The minimum absolute atomic E-state index is 0.0247. The molecule has 0 bridgehead atoms. The molecule has 3 aliphatic heterocycles. The second-order valence-corrected chi connectivity index (χ2v) is 6.08. The molecule has 1 amide bonds. The molecule has 0 aromatic rings. The van der Waals surface area contributed by atoms with Crippen molar-refractivity contribution < 1.29 is 4.79 Å². The molecule has 0 radical (unpaired) electrons. The van der Waals surface area contributed by atoms with Gasteiger partial charge in [-0.1, -0.05) is 0 Å². The van der Waals surface area contributed by atoms with Crippen LogP contribution in [0.1, 0.15) is 25.7 Å². The van der Waals surface area contributed by atoms with Crippen molar-refractivity contribution in [3.63, 3.8) is 0 Å². The van der Waals surface area contributed by atoms with Crippen molar-refractivity contribution in [2.45, 2.75) is 43.8 Å². The molecule has 3 aliphatic rings. The summed E-state index contributed by atoms with van der Waals surface area (Å²) in [6.45, 7) is 5.33. The number of hydrogen-bond donors (Lipinski definition) is 2. The van der Waals surface area contributed by atoms with Crippen LogP contribution in [0.3, 0.4) is 0 Å². The van der Waals surface area contributed by atoms with E-state index in [1.165, 1.54) is 38.8 Å². The maximum Gasteiger partial charge on any atom is 0.238 e. The fourth-order valence-electron chi connectivity index (χ4n) is 4.07. The number of rotatable bonds is 2. The molecule has 3 unspecified atom stereocenters. The molecule has 5 heteroatoms. The van der Waals surface area contributed by atoms with Gasteiger partial charge in [0.2, 0.25) is 5.91 Å². The van der Waals surface area contributed by atoms with Crippen molar-refractivity contribution in [3.8, 4) is 0 Å². The third kappa shape index (κ3) is 2.64. The summed E-state index contributed by atoms with van der Waals surface area (Å²) in [5, 5.41) is 6.17. The highest BCUT2D eigenvalue weighted by atomic mass is 16.2. The standard InChI is InChI=1S/C14H26N4O/c1-15-14(19)13-10-16-5-8-18(13)12-4-7-17-6-2-3-11(17)9-12/h11-13,16H,2-10H2,1H3,(H,15,19). The number of carbonyl (C=O) groups excluding carboxylic acids is 1. The lowest BCUT2D eigenvalue weighted by Crippen LogP contribution is -2.62. The van der Waals surface area contributed by atoms with Gasteiger partial charge >= 0.3 is 0 Å². The maximum atomic E-state index is 12.0. The molecule has 0 saturated carbocycles. The number of nitrogens with one attached hydrogen (secondary N) is 2. The average Bonchev–Trinajstić information content (AvgIpc) is 2.93. The number of carbonyl (C=O) groups is 1. The highest BCUT2D eigenvalue weighted by Crippen LogP contribution is 2.30. The average molecular weight is 266 g/mol.